The molecule has 0 saturated heterocycles. The van der Waals surface area contributed by atoms with Crippen molar-refractivity contribution in [1.29, 1.82) is 0 Å². The molecular weight excluding hydrogens is 663 g/mol. The number of rotatable bonds is 20. The van der Waals surface area contributed by atoms with Crippen LogP contribution in [0.3, 0.4) is 0 Å². The molecule has 3 rings (SSSR count). The average Bonchev–Trinajstić information content (AvgIpc) is 3.58. The lowest BCUT2D eigenvalue weighted by molar-refractivity contribution is -0.149. The fraction of sp³-hybridized carbons (Fsp3) is 0.581. The van der Waals surface area contributed by atoms with Gasteiger partial charge >= 0.3 is 19.7 Å². The Bertz CT molecular complexity index is 1480. The first kappa shape index (κ1) is 39.7. The lowest BCUT2D eigenvalue weighted by Gasteiger charge is -2.29. The van der Waals surface area contributed by atoms with E-state index in [-0.39, 0.29) is 43.0 Å². The van der Waals surface area contributed by atoms with Crippen LogP contribution in [0.5, 0.6) is 5.88 Å². The number of aromatic nitrogens is 2. The second-order valence-corrected chi connectivity index (χ2v) is 13.3. The van der Waals surface area contributed by atoms with E-state index < -0.39 is 74.7 Å². The predicted octanol–water partition coefficient (Wildman–Crippen LogP) is 1.97. The first-order valence-corrected chi connectivity index (χ1v) is 17.3. The highest BCUT2D eigenvalue weighted by Crippen LogP contribution is 2.53. The molecule has 1 aliphatic rings. The van der Waals surface area contributed by atoms with Gasteiger partial charge in [0, 0.05) is 19.2 Å². The Morgan fingerprint density at radius 3 is 2.45 bits per heavy atom. The van der Waals surface area contributed by atoms with Crippen molar-refractivity contribution in [2.45, 2.75) is 71.0 Å². The van der Waals surface area contributed by atoms with Gasteiger partial charge in [0.2, 0.25) is 11.8 Å². The number of nitrogens with one attached hydrogen (secondary N) is 1. The zero-order valence-corrected chi connectivity index (χ0v) is 29.4. The second-order valence-electron chi connectivity index (χ2n) is 11.5. The highest BCUT2D eigenvalue weighted by Gasteiger charge is 2.66. The van der Waals surface area contributed by atoms with Crippen molar-refractivity contribution in [2.24, 2.45) is 16.8 Å². The number of aliphatic hydroxyl groups is 2. The first-order chi connectivity index (χ1) is 23.2. The molecular formula is C31H47N6O11P. The Balaban J connectivity index is 1.82. The maximum atomic E-state index is 14.1. The average molecular weight is 711 g/mol. The lowest BCUT2D eigenvalue weighted by atomic mass is 10.0. The zero-order valence-electron chi connectivity index (χ0n) is 28.5. The van der Waals surface area contributed by atoms with Crippen LogP contribution >= 0.6 is 7.75 Å². The van der Waals surface area contributed by atoms with Gasteiger partial charge in [-0.3, -0.25) is 18.8 Å². The highest BCUT2D eigenvalue weighted by molar-refractivity contribution is 7.51. The molecule has 1 saturated carbocycles. The Morgan fingerprint density at radius 2 is 1.84 bits per heavy atom. The minimum atomic E-state index is -4.53. The van der Waals surface area contributed by atoms with E-state index >= 15 is 0 Å². The van der Waals surface area contributed by atoms with Gasteiger partial charge in [0.05, 0.1) is 25.9 Å². The van der Waals surface area contributed by atoms with Crippen LogP contribution in [0.1, 0.15) is 40.2 Å². The smallest absolute Gasteiger partial charge is 0.406 e. The number of esters is 2. The van der Waals surface area contributed by atoms with E-state index in [4.69, 9.17) is 39.5 Å². The summed E-state index contributed by atoms with van der Waals surface area (Å²) < 4.78 is 46.3. The van der Waals surface area contributed by atoms with Gasteiger partial charge in [-0.05, 0) is 45.6 Å². The van der Waals surface area contributed by atoms with Gasteiger partial charge in [-0.2, -0.15) is 9.97 Å². The number of aliphatic hydroxyl groups excluding tert-OH is 1. The van der Waals surface area contributed by atoms with Gasteiger partial charge in [-0.25, -0.2) is 14.4 Å². The third kappa shape index (κ3) is 10.6. The molecule has 1 aliphatic carbocycles. The molecule has 0 aliphatic heterocycles. The first-order valence-electron chi connectivity index (χ1n) is 15.8. The molecule has 1 aromatic carbocycles. The van der Waals surface area contributed by atoms with E-state index in [0.29, 0.717) is 5.56 Å². The number of hydrogen-bond acceptors (Lipinski definition) is 16. The van der Waals surface area contributed by atoms with Crippen LogP contribution in [0.15, 0.2) is 35.3 Å². The molecule has 0 spiro atoms. The number of ether oxygens (including phenoxy) is 4. The number of nitrogen functional groups attached to an aromatic ring is 2. The van der Waals surface area contributed by atoms with Gasteiger partial charge in [-0.1, -0.05) is 37.3 Å². The van der Waals surface area contributed by atoms with Crippen LogP contribution in [0.4, 0.5) is 17.5 Å². The second kappa shape index (κ2) is 17.8. The van der Waals surface area contributed by atoms with Crippen molar-refractivity contribution in [1.82, 2.24) is 15.1 Å². The number of carbonyl (C=O) groups is 2. The number of carbonyl (C=O) groups excluding carboxylic acids is 2. The molecule has 0 radical (unpaired) electrons. The van der Waals surface area contributed by atoms with E-state index in [0.717, 1.165) is 0 Å². The fourth-order valence-corrected chi connectivity index (χ4v) is 6.47. The van der Waals surface area contributed by atoms with Gasteiger partial charge in [-0.15, -0.1) is 0 Å². The molecule has 18 heteroatoms. The number of nitrogens with zero attached hydrogens (tertiary/aromatic N) is 3. The number of methoxy groups -OCH3 is 1. The normalized spacial score (nSPS) is 21.9. The summed E-state index contributed by atoms with van der Waals surface area (Å²) >= 11 is 0. The van der Waals surface area contributed by atoms with E-state index in [1.165, 1.54) is 13.3 Å². The molecule has 7 N–H and O–H groups in total. The van der Waals surface area contributed by atoms with Crippen molar-refractivity contribution in [3.05, 3.63) is 35.9 Å². The van der Waals surface area contributed by atoms with E-state index in [1.54, 1.807) is 65.0 Å². The topological polar surface area (TPSA) is 249 Å². The Kier molecular flexibility index (Phi) is 14.4. The summed E-state index contributed by atoms with van der Waals surface area (Å²) in [5.41, 5.74) is 10.7. The Labute approximate surface area is 285 Å². The predicted molar refractivity (Wildman–Crippen MR) is 179 cm³/mol. The van der Waals surface area contributed by atoms with Crippen LogP contribution < -0.4 is 21.3 Å². The minimum absolute atomic E-state index is 0.0334. The van der Waals surface area contributed by atoms with Crippen molar-refractivity contribution in [3.63, 3.8) is 0 Å². The van der Waals surface area contributed by atoms with E-state index in [2.05, 4.69) is 20.0 Å². The number of anilines is 2. The van der Waals surface area contributed by atoms with Gasteiger partial charge in [0.1, 0.15) is 23.9 Å². The SMILES string of the molecule is CCOC(=O)COP(=O)(N[C@@H](Cc1ccccc1)C(=O)OC(C)C)OCC(OC)C(O)[C@]1(O)C(C)C1C=Nc1c(N)nc(N)nc1OCC. The van der Waals surface area contributed by atoms with Crippen molar-refractivity contribution < 1.29 is 52.4 Å². The van der Waals surface area contributed by atoms with Crippen molar-refractivity contribution in [2.75, 3.05) is 45.0 Å². The number of hydrogen-bond donors (Lipinski definition) is 5. The maximum Gasteiger partial charge on any atom is 0.406 e. The van der Waals surface area contributed by atoms with E-state index in [9.17, 15) is 24.4 Å². The third-order valence-electron chi connectivity index (χ3n) is 7.66. The molecule has 1 fully saturated rings. The summed E-state index contributed by atoms with van der Waals surface area (Å²) in [5, 5.41) is 25.4. The largest absolute Gasteiger partial charge is 0.476 e. The Morgan fingerprint density at radius 1 is 1.14 bits per heavy atom. The lowest BCUT2D eigenvalue weighted by Crippen LogP contribution is -2.45. The molecule has 1 heterocycles. The molecule has 49 heavy (non-hydrogen) atoms. The van der Waals surface area contributed by atoms with Crippen LogP contribution in [-0.2, 0) is 43.8 Å². The van der Waals surface area contributed by atoms with Crippen LogP contribution in [0, 0.1) is 11.8 Å². The minimum Gasteiger partial charge on any atom is -0.476 e. The quantitative estimate of drug-likeness (QED) is 0.0748. The fourth-order valence-electron chi connectivity index (χ4n) is 5.05. The molecule has 0 bridgehead atoms. The van der Waals surface area contributed by atoms with Crippen molar-refractivity contribution >= 4 is 43.4 Å². The molecule has 1 aromatic heterocycles. The summed E-state index contributed by atoms with van der Waals surface area (Å²) in [6.45, 7) is 7.25. The van der Waals surface area contributed by atoms with Crippen LogP contribution in [-0.4, -0.2) is 102 Å². The summed E-state index contributed by atoms with van der Waals surface area (Å²) in [4.78, 5) is 37.5. The number of nitrogens with two attached hydrogens (primary N) is 2. The molecule has 17 nitrogen and oxygen atoms in total. The molecule has 5 unspecified atom stereocenters. The standard InChI is InChI=1S/C31H47N6O11P/c1-7-44-24(38)17-47-49(42,37-22(29(40)48-18(3)4)14-20-12-10-9-11-13-20)46-16-23(43-6)26(39)31(41)19(5)21(31)15-34-25-27(32)35-30(33)36-28(25)45-8-2/h9-13,15,18-19,21-23,26,39,41H,7-8,14,16-17H2,1-6H3,(H,37,42)(H4,32,33,35,36)/t19?,21?,22-,23?,26?,31-,49?/m0/s1. The van der Waals surface area contributed by atoms with Crippen LogP contribution in [0.2, 0.25) is 0 Å². The summed E-state index contributed by atoms with van der Waals surface area (Å²) in [5.74, 6) is -2.88. The molecule has 7 atom stereocenters. The summed E-state index contributed by atoms with van der Waals surface area (Å²) in [7, 11) is -3.28. The third-order valence-corrected chi connectivity index (χ3v) is 9.25. The van der Waals surface area contributed by atoms with Gasteiger partial charge < -0.3 is 40.6 Å². The number of aliphatic imine (C=N–C) groups is 1. The van der Waals surface area contributed by atoms with Crippen LogP contribution in [0.25, 0.3) is 0 Å². The monoisotopic (exact) mass is 710 g/mol. The molecule has 272 valence electrons. The zero-order chi connectivity index (χ0) is 36.4. The highest BCUT2D eigenvalue weighted by atomic mass is 31.2. The number of benzene rings is 1. The molecule has 0 amide bonds. The Hall–Kier alpha value is -3.70. The summed E-state index contributed by atoms with van der Waals surface area (Å²) in [6.07, 6.45) is -1.94. The van der Waals surface area contributed by atoms with Gasteiger partial charge in [0.25, 0.3) is 0 Å². The summed E-state index contributed by atoms with van der Waals surface area (Å²) in [6, 6.07) is 7.65. The molecule has 2 aromatic rings. The van der Waals surface area contributed by atoms with Gasteiger partial charge in [0.15, 0.2) is 18.1 Å². The van der Waals surface area contributed by atoms with Crippen molar-refractivity contribution in [3.8, 4) is 5.88 Å². The maximum absolute atomic E-state index is 14.1. The van der Waals surface area contributed by atoms with E-state index in [1.807, 2.05) is 0 Å².